The maximum Gasteiger partial charge on any atom is 0.115 e. The predicted molar refractivity (Wildman–Crippen MR) is 88.6 cm³/mol. The molecule has 112 valence electrons. The van der Waals surface area contributed by atoms with Crippen LogP contribution in [0, 0.1) is 11.3 Å². The molecule has 0 amide bonds. The largest absolute Gasteiger partial charge is 0.303 e. The summed E-state index contributed by atoms with van der Waals surface area (Å²) in [5.41, 5.74) is 2.31. The van der Waals surface area contributed by atoms with Crippen molar-refractivity contribution >= 4 is 11.8 Å². The topological polar surface area (TPSA) is 52.8 Å². The molecule has 2 aromatic rings. The van der Waals surface area contributed by atoms with Gasteiger partial charge in [-0.25, -0.2) is 4.98 Å². The Morgan fingerprint density at radius 2 is 2.00 bits per heavy atom. The fourth-order valence-corrected chi connectivity index (χ4v) is 3.55. The van der Waals surface area contributed by atoms with E-state index >= 15 is 0 Å². The number of aromatic nitrogens is 2. The molecule has 3 heterocycles. The summed E-state index contributed by atoms with van der Waals surface area (Å²) in [6.45, 7) is 3.46. The van der Waals surface area contributed by atoms with Crippen LogP contribution >= 0.6 is 11.8 Å². The molecule has 5 heteroatoms. The lowest BCUT2D eigenvalue weighted by molar-refractivity contribution is 0.362. The number of pyridine rings is 2. The third kappa shape index (κ3) is 3.65. The molecule has 1 saturated heterocycles. The number of nitrogens with zero attached hydrogens (tertiary/aromatic N) is 4. The average molecular weight is 310 g/mol. The third-order valence-electron chi connectivity index (χ3n) is 3.75. The Bertz CT molecular complexity index is 660. The van der Waals surface area contributed by atoms with E-state index in [2.05, 4.69) is 20.9 Å². The fraction of sp³-hybridized carbons (Fsp3) is 0.353. The van der Waals surface area contributed by atoms with Gasteiger partial charge in [-0.2, -0.15) is 5.26 Å². The van der Waals surface area contributed by atoms with Crippen molar-refractivity contribution in [2.45, 2.75) is 17.9 Å². The van der Waals surface area contributed by atoms with Crippen molar-refractivity contribution in [3.63, 3.8) is 0 Å². The molecule has 0 unspecified atom stereocenters. The van der Waals surface area contributed by atoms with Crippen LogP contribution < -0.4 is 0 Å². The SMILES string of the molecule is N#Cc1ccc(-c2ccccn2)nc1SCCN1CCCC1. The van der Waals surface area contributed by atoms with Crippen LogP contribution in [-0.4, -0.2) is 40.3 Å². The summed E-state index contributed by atoms with van der Waals surface area (Å²) in [7, 11) is 0. The summed E-state index contributed by atoms with van der Waals surface area (Å²) in [5, 5.41) is 10.1. The molecule has 0 radical (unpaired) electrons. The van der Waals surface area contributed by atoms with E-state index in [1.54, 1.807) is 18.0 Å². The van der Waals surface area contributed by atoms with Gasteiger partial charge < -0.3 is 4.90 Å². The first-order chi connectivity index (χ1) is 10.9. The number of thioether (sulfide) groups is 1. The minimum atomic E-state index is 0.645. The standard InChI is InChI=1S/C17H18N4S/c18-13-14-6-7-16(15-5-1-2-8-19-15)20-17(14)22-12-11-21-9-3-4-10-21/h1-2,5-8H,3-4,9-12H2. The minimum absolute atomic E-state index is 0.645. The lowest BCUT2D eigenvalue weighted by atomic mass is 10.2. The molecule has 4 nitrogen and oxygen atoms in total. The Balaban J connectivity index is 1.72. The molecule has 22 heavy (non-hydrogen) atoms. The first-order valence-electron chi connectivity index (χ1n) is 7.54. The Kier molecular flexibility index (Phi) is 5.04. The lowest BCUT2D eigenvalue weighted by Crippen LogP contribution is -2.21. The van der Waals surface area contributed by atoms with Gasteiger partial charge in [0.2, 0.25) is 0 Å². The zero-order valence-corrected chi connectivity index (χ0v) is 13.2. The van der Waals surface area contributed by atoms with Crippen LogP contribution in [-0.2, 0) is 0 Å². The van der Waals surface area contributed by atoms with Crippen LogP contribution in [0.3, 0.4) is 0 Å². The predicted octanol–water partition coefficient (Wildman–Crippen LogP) is 3.20. The summed E-state index contributed by atoms with van der Waals surface area (Å²) in [6.07, 6.45) is 4.37. The van der Waals surface area contributed by atoms with Gasteiger partial charge in [-0.3, -0.25) is 4.98 Å². The highest BCUT2D eigenvalue weighted by Gasteiger charge is 2.12. The lowest BCUT2D eigenvalue weighted by Gasteiger charge is -2.14. The maximum absolute atomic E-state index is 9.26. The van der Waals surface area contributed by atoms with Crippen molar-refractivity contribution in [1.29, 1.82) is 5.26 Å². The summed E-state index contributed by atoms with van der Waals surface area (Å²) in [6, 6.07) is 11.7. The van der Waals surface area contributed by atoms with Crippen LogP contribution in [0.25, 0.3) is 11.4 Å². The van der Waals surface area contributed by atoms with Gasteiger partial charge in [0.25, 0.3) is 0 Å². The summed E-state index contributed by atoms with van der Waals surface area (Å²) >= 11 is 1.66. The quantitative estimate of drug-likeness (QED) is 0.794. The van der Waals surface area contributed by atoms with Gasteiger partial charge in [-0.15, -0.1) is 11.8 Å². The van der Waals surface area contributed by atoms with Gasteiger partial charge in [-0.1, -0.05) is 6.07 Å². The maximum atomic E-state index is 9.26. The molecule has 2 aromatic heterocycles. The van der Waals surface area contributed by atoms with Crippen LogP contribution in [0.2, 0.25) is 0 Å². The highest BCUT2D eigenvalue weighted by atomic mass is 32.2. The average Bonchev–Trinajstić information content (AvgIpc) is 3.09. The molecule has 3 rings (SSSR count). The first-order valence-corrected chi connectivity index (χ1v) is 8.53. The van der Waals surface area contributed by atoms with E-state index in [1.165, 1.54) is 25.9 Å². The molecular formula is C17H18N4S. The van der Waals surface area contributed by atoms with Gasteiger partial charge in [0.15, 0.2) is 0 Å². The monoisotopic (exact) mass is 310 g/mol. The van der Waals surface area contributed by atoms with Crippen molar-refractivity contribution in [2.24, 2.45) is 0 Å². The van der Waals surface area contributed by atoms with E-state index in [9.17, 15) is 5.26 Å². The van der Waals surface area contributed by atoms with Crippen LogP contribution in [0.1, 0.15) is 18.4 Å². The molecule has 0 aromatic carbocycles. The number of nitriles is 1. The van der Waals surface area contributed by atoms with E-state index in [0.29, 0.717) is 5.56 Å². The summed E-state index contributed by atoms with van der Waals surface area (Å²) < 4.78 is 0. The van der Waals surface area contributed by atoms with Crippen LogP contribution in [0.5, 0.6) is 0 Å². The molecule has 0 spiro atoms. The Hall–Kier alpha value is -1.90. The second kappa shape index (κ2) is 7.39. The minimum Gasteiger partial charge on any atom is -0.303 e. The number of hydrogen-bond donors (Lipinski definition) is 0. The zero-order valence-electron chi connectivity index (χ0n) is 12.4. The van der Waals surface area contributed by atoms with Gasteiger partial charge in [0, 0.05) is 18.5 Å². The molecule has 0 bridgehead atoms. The van der Waals surface area contributed by atoms with Gasteiger partial charge in [0.05, 0.1) is 17.0 Å². The second-order valence-corrected chi connectivity index (χ2v) is 6.36. The van der Waals surface area contributed by atoms with Gasteiger partial charge in [0.1, 0.15) is 11.1 Å². The number of hydrogen-bond acceptors (Lipinski definition) is 5. The Morgan fingerprint density at radius 1 is 1.14 bits per heavy atom. The second-order valence-electron chi connectivity index (χ2n) is 5.27. The van der Waals surface area contributed by atoms with Crippen LogP contribution in [0.4, 0.5) is 0 Å². The molecular weight excluding hydrogens is 292 g/mol. The molecule has 1 aliphatic rings. The zero-order chi connectivity index (χ0) is 15.2. The molecule has 1 fully saturated rings. The van der Waals surface area contributed by atoms with Gasteiger partial charge >= 0.3 is 0 Å². The van der Waals surface area contributed by atoms with Crippen molar-refractivity contribution in [3.05, 3.63) is 42.1 Å². The highest BCUT2D eigenvalue weighted by molar-refractivity contribution is 7.99. The molecule has 0 aliphatic carbocycles. The number of likely N-dealkylation sites (tertiary alicyclic amines) is 1. The molecule has 0 saturated carbocycles. The number of rotatable bonds is 5. The van der Waals surface area contributed by atoms with E-state index < -0.39 is 0 Å². The summed E-state index contributed by atoms with van der Waals surface area (Å²) in [4.78, 5) is 11.4. The van der Waals surface area contributed by atoms with E-state index in [1.807, 2.05) is 30.3 Å². The van der Waals surface area contributed by atoms with Crippen molar-refractivity contribution in [2.75, 3.05) is 25.4 Å². The van der Waals surface area contributed by atoms with Crippen LogP contribution in [0.15, 0.2) is 41.6 Å². The summed E-state index contributed by atoms with van der Waals surface area (Å²) in [5.74, 6) is 0.966. The highest BCUT2D eigenvalue weighted by Crippen LogP contribution is 2.24. The normalized spacial score (nSPS) is 14.9. The third-order valence-corrected chi connectivity index (χ3v) is 4.72. The fourth-order valence-electron chi connectivity index (χ4n) is 2.57. The van der Waals surface area contributed by atoms with E-state index in [0.717, 1.165) is 28.7 Å². The molecule has 0 atom stereocenters. The van der Waals surface area contributed by atoms with Crippen molar-refractivity contribution in [3.8, 4) is 17.5 Å². The smallest absolute Gasteiger partial charge is 0.115 e. The molecule has 0 N–H and O–H groups in total. The van der Waals surface area contributed by atoms with E-state index in [-0.39, 0.29) is 0 Å². The van der Waals surface area contributed by atoms with Crippen molar-refractivity contribution < 1.29 is 0 Å². The first kappa shape index (κ1) is 15.0. The Morgan fingerprint density at radius 3 is 2.73 bits per heavy atom. The van der Waals surface area contributed by atoms with Crippen molar-refractivity contribution in [1.82, 2.24) is 14.9 Å². The van der Waals surface area contributed by atoms with Gasteiger partial charge in [-0.05, 0) is 50.2 Å². The Labute approximate surface area is 135 Å². The van der Waals surface area contributed by atoms with E-state index in [4.69, 9.17) is 0 Å². The molecule has 1 aliphatic heterocycles.